The van der Waals surface area contributed by atoms with Crippen LogP contribution in [-0.2, 0) is 9.31 Å². The molecule has 1 aliphatic heterocycles. The number of hydrogen-bond acceptors (Lipinski definition) is 5. The van der Waals surface area contributed by atoms with E-state index in [4.69, 9.17) is 14.6 Å². The molecule has 0 unspecified atom stereocenters. The van der Waals surface area contributed by atoms with E-state index < -0.39 is 7.12 Å². The molecule has 1 heterocycles. The molecule has 0 aliphatic carbocycles. The molecule has 1 fully saturated rings. The maximum Gasteiger partial charge on any atom is 0.496 e. The second-order valence-corrected chi connectivity index (χ2v) is 8.39. The molecule has 0 amide bonds. The first-order valence-corrected chi connectivity index (χ1v) is 10.5. The number of benzene rings is 2. The van der Waals surface area contributed by atoms with Gasteiger partial charge in [0.25, 0.3) is 5.69 Å². The summed E-state index contributed by atoms with van der Waals surface area (Å²) >= 11 is 3.22. The molecule has 0 bridgehead atoms. The molecule has 1 saturated heterocycles. The zero-order valence-corrected chi connectivity index (χ0v) is 20.1. The molecule has 160 valence electrons. The summed E-state index contributed by atoms with van der Waals surface area (Å²) in [5, 5.41) is 19.4. The van der Waals surface area contributed by atoms with E-state index in [2.05, 4.69) is 22.0 Å². The van der Waals surface area contributed by atoms with Gasteiger partial charge in [0.1, 0.15) is 0 Å². The van der Waals surface area contributed by atoms with Crippen molar-refractivity contribution in [3.8, 4) is 6.07 Å². The van der Waals surface area contributed by atoms with Crippen molar-refractivity contribution in [1.29, 1.82) is 5.26 Å². The first kappa shape index (κ1) is 25.8. The minimum absolute atomic E-state index is 0.160. The molecule has 0 aromatic heterocycles. The molecule has 0 saturated carbocycles. The Morgan fingerprint density at radius 1 is 1.07 bits per heavy atom. The molecular weight excluding hydrogens is 447 g/mol. The lowest BCUT2D eigenvalue weighted by Crippen LogP contribution is -2.41. The summed E-state index contributed by atoms with van der Waals surface area (Å²) in [6.45, 7) is 13.7. The lowest BCUT2D eigenvalue weighted by molar-refractivity contribution is -0.385. The van der Waals surface area contributed by atoms with Gasteiger partial charge < -0.3 is 9.31 Å². The van der Waals surface area contributed by atoms with Crippen molar-refractivity contribution in [2.75, 3.05) is 0 Å². The number of nitriles is 1. The fraction of sp³-hybridized carbons (Fsp3) is 0.409. The molecule has 3 rings (SSSR count). The van der Waals surface area contributed by atoms with Gasteiger partial charge in [-0.3, -0.25) is 10.1 Å². The van der Waals surface area contributed by atoms with Gasteiger partial charge in [-0.15, -0.1) is 0 Å². The predicted octanol–water partition coefficient (Wildman–Crippen LogP) is 5.55. The largest absolute Gasteiger partial charge is 0.496 e. The minimum Gasteiger partial charge on any atom is -0.399 e. The van der Waals surface area contributed by atoms with Gasteiger partial charge in [-0.25, -0.2) is 0 Å². The number of aryl methyl sites for hydroxylation is 1. The Morgan fingerprint density at radius 2 is 1.60 bits per heavy atom. The van der Waals surface area contributed by atoms with Gasteiger partial charge in [0.15, 0.2) is 0 Å². The van der Waals surface area contributed by atoms with E-state index in [1.54, 1.807) is 25.1 Å². The average molecular weight is 475 g/mol. The standard InChI is InChI=1S/C13H16BNO2.C7H6BrNO2.C2H6/c1-12(2)13(3,4)17-14(16-12)11-8-6-5-7-10(11)9-15;1-5-4-6(8)2-3-7(5)9(10)11;1-2/h5-8H,1-4H3;2-4H,1H3;1-2H3. The zero-order chi connectivity index (χ0) is 23.1. The first-order chi connectivity index (χ1) is 14.0. The monoisotopic (exact) mass is 474 g/mol. The van der Waals surface area contributed by atoms with E-state index in [9.17, 15) is 10.1 Å². The molecule has 0 N–H and O–H groups in total. The molecule has 0 atom stereocenters. The van der Waals surface area contributed by atoms with E-state index in [1.165, 1.54) is 6.07 Å². The Kier molecular flexibility index (Phi) is 9.22. The fourth-order valence-electron chi connectivity index (χ4n) is 2.60. The van der Waals surface area contributed by atoms with Crippen LogP contribution in [0.4, 0.5) is 5.69 Å². The maximum atomic E-state index is 10.3. The third kappa shape index (κ3) is 6.15. The van der Waals surface area contributed by atoms with Crippen molar-refractivity contribution in [1.82, 2.24) is 0 Å². The van der Waals surface area contributed by atoms with E-state index in [-0.39, 0.29) is 21.8 Å². The van der Waals surface area contributed by atoms with Crippen LogP contribution in [0.15, 0.2) is 46.9 Å². The van der Waals surface area contributed by atoms with Crippen molar-refractivity contribution < 1.29 is 14.2 Å². The third-order valence-electron chi connectivity index (χ3n) is 4.94. The van der Waals surface area contributed by atoms with E-state index in [0.29, 0.717) is 11.1 Å². The summed E-state index contributed by atoms with van der Waals surface area (Å²) in [7, 11) is -0.462. The minimum atomic E-state index is -0.462. The normalized spacial score (nSPS) is 15.8. The molecule has 2 aromatic rings. The Bertz CT molecular complexity index is 910. The Hall–Kier alpha value is -2.21. The summed E-state index contributed by atoms with van der Waals surface area (Å²) < 4.78 is 12.7. The van der Waals surface area contributed by atoms with Gasteiger partial charge in [0.05, 0.1) is 27.8 Å². The van der Waals surface area contributed by atoms with E-state index in [1.807, 2.05) is 59.7 Å². The summed E-state index contributed by atoms with van der Waals surface area (Å²) in [5.74, 6) is 0. The SMILES string of the molecule is CC.CC1(C)OB(c2ccccc2C#N)OC1(C)C.Cc1cc(Br)ccc1[N+](=O)[O-]. The Labute approximate surface area is 187 Å². The molecule has 2 aromatic carbocycles. The number of hydrogen-bond donors (Lipinski definition) is 0. The highest BCUT2D eigenvalue weighted by molar-refractivity contribution is 9.10. The molecule has 0 spiro atoms. The fourth-order valence-corrected chi connectivity index (χ4v) is 3.07. The second-order valence-electron chi connectivity index (χ2n) is 7.48. The van der Waals surface area contributed by atoms with Crippen LogP contribution in [0.25, 0.3) is 0 Å². The van der Waals surface area contributed by atoms with Gasteiger partial charge in [-0.1, -0.05) is 48.0 Å². The van der Waals surface area contributed by atoms with Crippen LogP contribution >= 0.6 is 15.9 Å². The highest BCUT2D eigenvalue weighted by Crippen LogP contribution is 2.36. The Morgan fingerprint density at radius 3 is 2.07 bits per heavy atom. The number of nitro benzene ring substituents is 1. The molecule has 6 nitrogen and oxygen atoms in total. The summed E-state index contributed by atoms with van der Waals surface area (Å²) in [6, 6.07) is 14.4. The van der Waals surface area contributed by atoms with Gasteiger partial charge >= 0.3 is 7.12 Å². The lowest BCUT2D eigenvalue weighted by Gasteiger charge is -2.32. The van der Waals surface area contributed by atoms with Crippen LogP contribution in [0.3, 0.4) is 0 Å². The van der Waals surface area contributed by atoms with Gasteiger partial charge in [-0.05, 0) is 52.8 Å². The third-order valence-corrected chi connectivity index (χ3v) is 5.44. The smallest absolute Gasteiger partial charge is 0.399 e. The van der Waals surface area contributed by atoms with Crippen LogP contribution in [0, 0.1) is 28.4 Å². The van der Waals surface area contributed by atoms with Crippen LogP contribution in [-0.4, -0.2) is 23.2 Å². The van der Waals surface area contributed by atoms with E-state index in [0.717, 1.165) is 9.94 Å². The summed E-state index contributed by atoms with van der Waals surface area (Å²) in [6.07, 6.45) is 0. The van der Waals surface area contributed by atoms with Crippen molar-refractivity contribution in [2.45, 2.75) is 59.7 Å². The average Bonchev–Trinajstić information content (AvgIpc) is 2.90. The van der Waals surface area contributed by atoms with Gasteiger partial charge in [-0.2, -0.15) is 5.26 Å². The van der Waals surface area contributed by atoms with Crippen LogP contribution in [0.2, 0.25) is 0 Å². The number of halogens is 1. The molecule has 1 aliphatic rings. The highest BCUT2D eigenvalue weighted by Gasteiger charge is 2.52. The molecule has 8 heteroatoms. The molecule has 30 heavy (non-hydrogen) atoms. The Balaban J connectivity index is 0.000000300. The van der Waals surface area contributed by atoms with Gasteiger partial charge in [0, 0.05) is 21.6 Å². The quantitative estimate of drug-likeness (QED) is 0.323. The zero-order valence-electron chi connectivity index (χ0n) is 18.5. The molecular formula is C22H28BBrN2O4. The second kappa shape index (κ2) is 10.7. The molecule has 0 radical (unpaired) electrons. The van der Waals surface area contributed by atoms with Crippen molar-refractivity contribution >= 4 is 34.2 Å². The van der Waals surface area contributed by atoms with Crippen molar-refractivity contribution in [3.05, 3.63) is 68.2 Å². The van der Waals surface area contributed by atoms with Crippen molar-refractivity contribution in [2.24, 2.45) is 0 Å². The van der Waals surface area contributed by atoms with Gasteiger partial charge in [0.2, 0.25) is 0 Å². The van der Waals surface area contributed by atoms with Crippen LogP contribution < -0.4 is 5.46 Å². The van der Waals surface area contributed by atoms with Crippen molar-refractivity contribution in [3.63, 3.8) is 0 Å². The number of nitro groups is 1. The summed E-state index contributed by atoms with van der Waals surface area (Å²) in [5.41, 5.74) is 1.48. The van der Waals surface area contributed by atoms with Crippen LogP contribution in [0.5, 0.6) is 0 Å². The maximum absolute atomic E-state index is 10.3. The lowest BCUT2D eigenvalue weighted by atomic mass is 9.76. The highest BCUT2D eigenvalue weighted by atomic mass is 79.9. The summed E-state index contributed by atoms with van der Waals surface area (Å²) in [4.78, 5) is 9.94. The number of rotatable bonds is 2. The van der Waals surface area contributed by atoms with E-state index >= 15 is 0 Å². The predicted molar refractivity (Wildman–Crippen MR) is 124 cm³/mol. The topological polar surface area (TPSA) is 85.4 Å². The van der Waals surface area contributed by atoms with Crippen LogP contribution in [0.1, 0.15) is 52.7 Å². The first-order valence-electron chi connectivity index (χ1n) is 9.74. The number of nitrogens with zero attached hydrogens (tertiary/aromatic N) is 2.